The molecule has 0 aliphatic rings. The second-order valence-electron chi connectivity index (χ2n) is 3.37. The smallest absolute Gasteiger partial charge is 0.303 e. The number of hydrogen-bond donors (Lipinski definition) is 2. The van der Waals surface area contributed by atoms with Crippen LogP contribution in [0.2, 0.25) is 0 Å². The summed E-state index contributed by atoms with van der Waals surface area (Å²) in [7, 11) is 0. The molecule has 0 bridgehead atoms. The Hall–Kier alpha value is -1.36. The first-order chi connectivity index (χ1) is 7.63. The highest BCUT2D eigenvalue weighted by Crippen LogP contribution is 2.16. The van der Waals surface area contributed by atoms with Crippen molar-refractivity contribution >= 4 is 23.2 Å². The Morgan fingerprint density at radius 1 is 1.44 bits per heavy atom. The molecule has 0 atom stereocenters. The van der Waals surface area contributed by atoms with Gasteiger partial charge in [-0.3, -0.25) is 9.59 Å². The Kier molecular flexibility index (Phi) is 4.98. The van der Waals surface area contributed by atoms with Crippen molar-refractivity contribution in [3.8, 4) is 0 Å². The summed E-state index contributed by atoms with van der Waals surface area (Å²) in [6.45, 7) is 2.45. The molecule has 0 fully saturated rings. The van der Waals surface area contributed by atoms with Crippen molar-refractivity contribution in [2.24, 2.45) is 0 Å². The van der Waals surface area contributed by atoms with Gasteiger partial charge in [0.15, 0.2) is 0 Å². The molecule has 1 aromatic heterocycles. The van der Waals surface area contributed by atoms with Crippen LogP contribution in [0, 0.1) is 0 Å². The zero-order valence-electron chi connectivity index (χ0n) is 9.16. The van der Waals surface area contributed by atoms with Crippen molar-refractivity contribution in [1.29, 1.82) is 0 Å². The summed E-state index contributed by atoms with van der Waals surface area (Å²) >= 11 is 1.48. The highest BCUT2D eigenvalue weighted by molar-refractivity contribution is 7.14. The van der Waals surface area contributed by atoms with Gasteiger partial charge in [-0.05, 0) is 25.0 Å². The van der Waals surface area contributed by atoms with Gasteiger partial charge in [0, 0.05) is 17.8 Å². The predicted molar refractivity (Wildman–Crippen MR) is 62.9 cm³/mol. The quantitative estimate of drug-likeness (QED) is 0.748. The molecule has 5 heteroatoms. The number of thiophene rings is 1. The van der Waals surface area contributed by atoms with Crippen molar-refractivity contribution in [1.82, 2.24) is 5.32 Å². The molecule has 0 aromatic carbocycles. The van der Waals surface area contributed by atoms with Crippen LogP contribution in [0.25, 0.3) is 0 Å². The molecule has 0 aliphatic carbocycles. The largest absolute Gasteiger partial charge is 0.481 e. The van der Waals surface area contributed by atoms with E-state index in [4.69, 9.17) is 5.11 Å². The lowest BCUT2D eigenvalue weighted by Gasteiger charge is -2.01. The number of aryl methyl sites for hydroxylation is 1. The van der Waals surface area contributed by atoms with Gasteiger partial charge in [0.25, 0.3) is 5.91 Å². The summed E-state index contributed by atoms with van der Waals surface area (Å²) < 4.78 is 0. The molecule has 0 unspecified atom stereocenters. The third-order valence-corrected chi connectivity index (χ3v) is 3.32. The van der Waals surface area contributed by atoms with Crippen LogP contribution in [0.4, 0.5) is 0 Å². The minimum absolute atomic E-state index is 0.0882. The van der Waals surface area contributed by atoms with E-state index in [1.54, 1.807) is 6.07 Å². The SMILES string of the molecule is CCc1ccc(C(=O)NCCCC(=O)O)s1. The Bertz CT molecular complexity index is 373. The fourth-order valence-electron chi connectivity index (χ4n) is 1.22. The lowest BCUT2D eigenvalue weighted by Crippen LogP contribution is -2.23. The van der Waals surface area contributed by atoms with Crippen LogP contribution in [0.5, 0.6) is 0 Å². The number of rotatable bonds is 6. The van der Waals surface area contributed by atoms with Gasteiger partial charge in [-0.15, -0.1) is 11.3 Å². The van der Waals surface area contributed by atoms with Crippen LogP contribution in [0.1, 0.15) is 34.3 Å². The molecule has 0 spiro atoms. The molecule has 2 N–H and O–H groups in total. The molecular weight excluding hydrogens is 226 g/mol. The Labute approximate surface area is 98.3 Å². The Morgan fingerprint density at radius 2 is 2.19 bits per heavy atom. The minimum Gasteiger partial charge on any atom is -0.481 e. The van der Waals surface area contributed by atoms with Crippen LogP contribution in [-0.4, -0.2) is 23.5 Å². The summed E-state index contributed by atoms with van der Waals surface area (Å²) in [5.41, 5.74) is 0. The van der Waals surface area contributed by atoms with Gasteiger partial charge in [0.05, 0.1) is 4.88 Å². The maximum atomic E-state index is 11.6. The molecule has 16 heavy (non-hydrogen) atoms. The van der Waals surface area contributed by atoms with E-state index in [-0.39, 0.29) is 12.3 Å². The summed E-state index contributed by atoms with van der Waals surface area (Å²) in [5.74, 6) is -0.950. The van der Waals surface area contributed by atoms with Crippen molar-refractivity contribution in [2.45, 2.75) is 26.2 Å². The maximum Gasteiger partial charge on any atom is 0.303 e. The van der Waals surface area contributed by atoms with E-state index in [1.807, 2.05) is 13.0 Å². The number of amides is 1. The summed E-state index contributed by atoms with van der Waals surface area (Å²) in [5, 5.41) is 11.1. The zero-order valence-corrected chi connectivity index (χ0v) is 9.97. The summed E-state index contributed by atoms with van der Waals surface area (Å²) in [6.07, 6.45) is 1.48. The van der Waals surface area contributed by atoms with Gasteiger partial charge < -0.3 is 10.4 Å². The van der Waals surface area contributed by atoms with Crippen molar-refractivity contribution < 1.29 is 14.7 Å². The number of carboxylic acid groups (broad SMARTS) is 1. The molecule has 4 nitrogen and oxygen atoms in total. The van der Waals surface area contributed by atoms with E-state index in [0.717, 1.165) is 6.42 Å². The van der Waals surface area contributed by atoms with E-state index >= 15 is 0 Å². The van der Waals surface area contributed by atoms with E-state index in [9.17, 15) is 9.59 Å². The Balaban J connectivity index is 2.32. The average Bonchev–Trinajstić information content (AvgIpc) is 2.72. The van der Waals surface area contributed by atoms with Crippen molar-refractivity contribution in [3.05, 3.63) is 21.9 Å². The lowest BCUT2D eigenvalue weighted by molar-refractivity contribution is -0.137. The Morgan fingerprint density at radius 3 is 2.75 bits per heavy atom. The second-order valence-corrected chi connectivity index (χ2v) is 4.54. The average molecular weight is 241 g/mol. The maximum absolute atomic E-state index is 11.6. The highest BCUT2D eigenvalue weighted by Gasteiger charge is 2.07. The van der Waals surface area contributed by atoms with Gasteiger partial charge >= 0.3 is 5.97 Å². The number of hydrogen-bond acceptors (Lipinski definition) is 3. The molecule has 0 radical (unpaired) electrons. The van der Waals surface area contributed by atoms with Crippen LogP contribution >= 0.6 is 11.3 Å². The van der Waals surface area contributed by atoms with Crippen molar-refractivity contribution in [2.75, 3.05) is 6.54 Å². The first kappa shape index (κ1) is 12.7. The summed E-state index contributed by atoms with van der Waals surface area (Å²) in [4.78, 5) is 23.7. The fraction of sp³-hybridized carbons (Fsp3) is 0.455. The number of carbonyl (C=O) groups is 2. The summed E-state index contributed by atoms with van der Waals surface area (Å²) in [6, 6.07) is 3.74. The van der Waals surface area contributed by atoms with Gasteiger partial charge in [-0.2, -0.15) is 0 Å². The van der Waals surface area contributed by atoms with Gasteiger partial charge in [0.1, 0.15) is 0 Å². The molecule has 88 valence electrons. The number of aliphatic carboxylic acids is 1. The first-order valence-corrected chi connectivity index (χ1v) is 6.04. The van der Waals surface area contributed by atoms with Crippen LogP contribution in [0.15, 0.2) is 12.1 Å². The number of carboxylic acids is 1. The number of nitrogens with one attached hydrogen (secondary N) is 1. The van der Waals surface area contributed by atoms with Crippen LogP contribution in [0.3, 0.4) is 0 Å². The zero-order chi connectivity index (χ0) is 12.0. The fourth-order valence-corrected chi connectivity index (χ4v) is 2.08. The van der Waals surface area contributed by atoms with Gasteiger partial charge in [0.2, 0.25) is 0 Å². The third-order valence-electron chi connectivity index (χ3n) is 2.09. The van der Waals surface area contributed by atoms with E-state index in [2.05, 4.69) is 5.32 Å². The molecule has 1 aromatic rings. The van der Waals surface area contributed by atoms with E-state index in [0.29, 0.717) is 17.8 Å². The lowest BCUT2D eigenvalue weighted by atomic mass is 10.3. The molecule has 0 saturated heterocycles. The van der Waals surface area contributed by atoms with E-state index in [1.165, 1.54) is 16.2 Å². The molecule has 0 aliphatic heterocycles. The van der Waals surface area contributed by atoms with Crippen LogP contribution in [-0.2, 0) is 11.2 Å². The first-order valence-electron chi connectivity index (χ1n) is 5.22. The third kappa shape index (κ3) is 4.02. The van der Waals surface area contributed by atoms with Gasteiger partial charge in [-0.25, -0.2) is 0 Å². The molecular formula is C11H15NO3S. The van der Waals surface area contributed by atoms with Crippen molar-refractivity contribution in [3.63, 3.8) is 0 Å². The van der Waals surface area contributed by atoms with Crippen LogP contribution < -0.4 is 5.32 Å². The molecule has 1 heterocycles. The monoisotopic (exact) mass is 241 g/mol. The standard InChI is InChI=1S/C11H15NO3S/c1-2-8-5-6-9(16-8)11(15)12-7-3-4-10(13)14/h5-6H,2-4,7H2,1H3,(H,12,15)(H,13,14). The highest BCUT2D eigenvalue weighted by atomic mass is 32.1. The minimum atomic E-state index is -0.835. The molecule has 1 rings (SSSR count). The number of carbonyl (C=O) groups excluding carboxylic acids is 1. The van der Waals surface area contributed by atoms with Gasteiger partial charge in [-0.1, -0.05) is 6.92 Å². The predicted octanol–water partition coefficient (Wildman–Crippen LogP) is 1.91. The molecule has 1 amide bonds. The molecule has 0 saturated carbocycles. The second kappa shape index (κ2) is 6.27. The van der Waals surface area contributed by atoms with E-state index < -0.39 is 5.97 Å². The topological polar surface area (TPSA) is 66.4 Å². The normalized spacial score (nSPS) is 10.1.